The number of phenolic OH excluding ortho intramolecular Hbond substituents is 2. The lowest BCUT2D eigenvalue weighted by atomic mass is 9.99. The molecule has 1 amide bonds. The number of rotatable bonds is 5. The zero-order valence-corrected chi connectivity index (χ0v) is 17.8. The van der Waals surface area contributed by atoms with Crippen molar-refractivity contribution in [3.63, 3.8) is 0 Å². The van der Waals surface area contributed by atoms with Crippen LogP contribution in [0.5, 0.6) is 23.2 Å². The smallest absolute Gasteiger partial charge is 0.412 e. The first-order valence-electron chi connectivity index (χ1n) is 10.2. The van der Waals surface area contributed by atoms with Gasteiger partial charge in [-0.15, -0.1) is 0 Å². The summed E-state index contributed by atoms with van der Waals surface area (Å²) in [5.41, 5.74) is 3.93. The molecule has 2 heterocycles. The van der Waals surface area contributed by atoms with Crippen molar-refractivity contribution in [1.29, 1.82) is 0 Å². The zero-order valence-electron chi connectivity index (χ0n) is 17.8. The van der Waals surface area contributed by atoms with Crippen molar-refractivity contribution in [2.75, 3.05) is 6.61 Å². The number of aromatic hydroxyl groups is 2. The Morgan fingerprint density at radius 2 is 1.71 bits per heavy atom. The summed E-state index contributed by atoms with van der Waals surface area (Å²) in [6.07, 6.45) is -9.15. The fourth-order valence-electron chi connectivity index (χ4n) is 3.66. The minimum absolute atomic E-state index is 0.0888. The maximum Gasteiger partial charge on any atom is 0.412 e. The molecular weight excluding hydrogens is 470 g/mol. The molecule has 1 aliphatic rings. The predicted molar refractivity (Wildman–Crippen MR) is 116 cm³/mol. The Labute approximate surface area is 195 Å². The molecule has 1 saturated heterocycles. The van der Waals surface area contributed by atoms with Gasteiger partial charge in [-0.2, -0.15) is 0 Å². The fraction of sp³-hybridized carbons (Fsp3) is 0.273. The number of phenols is 2. The van der Waals surface area contributed by atoms with Crippen LogP contribution in [0, 0.1) is 0 Å². The number of fused-ring (bicyclic) bond motifs is 1. The molecule has 1 aliphatic heterocycles. The summed E-state index contributed by atoms with van der Waals surface area (Å²) in [5.74, 6) is -1.49. The Morgan fingerprint density at radius 3 is 2.34 bits per heavy atom. The summed E-state index contributed by atoms with van der Waals surface area (Å²) in [7, 11) is 0. The van der Waals surface area contributed by atoms with E-state index in [1.807, 2.05) is 0 Å². The van der Waals surface area contributed by atoms with Gasteiger partial charge in [0.1, 0.15) is 58.2 Å². The Morgan fingerprint density at radius 1 is 1.03 bits per heavy atom. The molecule has 1 fully saturated rings. The van der Waals surface area contributed by atoms with Gasteiger partial charge in [-0.1, -0.05) is 12.1 Å². The van der Waals surface area contributed by atoms with Crippen molar-refractivity contribution in [3.8, 4) is 34.3 Å². The molecule has 0 spiro atoms. The molecular formula is C22H21NO12. The Balaban J connectivity index is 1.79. The number of aliphatic hydroxyl groups excluding tert-OH is 4. The molecule has 1 aromatic heterocycles. The van der Waals surface area contributed by atoms with Crippen LogP contribution in [0.25, 0.3) is 22.1 Å². The first-order chi connectivity index (χ1) is 16.6. The van der Waals surface area contributed by atoms with E-state index >= 15 is 0 Å². The van der Waals surface area contributed by atoms with Gasteiger partial charge in [-0.3, -0.25) is 4.79 Å². The third-order valence-corrected chi connectivity index (χ3v) is 5.37. The third kappa shape index (κ3) is 4.58. The van der Waals surface area contributed by atoms with E-state index in [2.05, 4.69) is 0 Å². The largest absolute Gasteiger partial charge is 0.508 e. The van der Waals surface area contributed by atoms with Gasteiger partial charge >= 0.3 is 12.0 Å². The minimum Gasteiger partial charge on any atom is -0.508 e. The van der Waals surface area contributed by atoms with E-state index in [4.69, 9.17) is 24.4 Å². The van der Waals surface area contributed by atoms with Crippen LogP contribution in [-0.2, 0) is 4.74 Å². The van der Waals surface area contributed by atoms with Crippen molar-refractivity contribution in [3.05, 3.63) is 46.6 Å². The number of aliphatic hydroxyl groups is 4. The highest BCUT2D eigenvalue weighted by Crippen LogP contribution is 2.37. The average molecular weight is 491 g/mol. The summed E-state index contributed by atoms with van der Waals surface area (Å²) in [6, 6.07) is 7.40. The average Bonchev–Trinajstić information content (AvgIpc) is 2.79. The maximum absolute atomic E-state index is 13.2. The van der Waals surface area contributed by atoms with Crippen LogP contribution in [0.4, 0.5) is 4.79 Å². The van der Waals surface area contributed by atoms with Crippen LogP contribution in [-0.4, -0.2) is 74.0 Å². The molecule has 3 aromatic rings. The molecule has 0 aliphatic carbocycles. The number of carbonyl (C=O) groups is 1. The van der Waals surface area contributed by atoms with E-state index in [0.29, 0.717) is 0 Å². The van der Waals surface area contributed by atoms with Crippen LogP contribution < -0.4 is 20.6 Å². The molecule has 13 heteroatoms. The van der Waals surface area contributed by atoms with Gasteiger partial charge in [0, 0.05) is 12.1 Å². The highest BCUT2D eigenvalue weighted by atomic mass is 16.7. The van der Waals surface area contributed by atoms with Gasteiger partial charge in [-0.25, -0.2) is 4.79 Å². The molecule has 0 bridgehead atoms. The molecule has 2 aromatic carbocycles. The van der Waals surface area contributed by atoms with Gasteiger partial charge in [0.15, 0.2) is 0 Å². The summed E-state index contributed by atoms with van der Waals surface area (Å²) in [6.45, 7) is -0.684. The number of amides is 1. The number of nitrogens with two attached hydrogens (primary N) is 1. The minimum atomic E-state index is -1.73. The molecule has 13 nitrogen and oxygen atoms in total. The second kappa shape index (κ2) is 9.40. The molecule has 0 saturated carbocycles. The van der Waals surface area contributed by atoms with Crippen molar-refractivity contribution in [2.45, 2.75) is 30.7 Å². The van der Waals surface area contributed by atoms with Crippen molar-refractivity contribution < 1.29 is 54.1 Å². The summed E-state index contributed by atoms with van der Waals surface area (Å²) in [5, 5.41) is 59.1. The van der Waals surface area contributed by atoms with E-state index in [-0.39, 0.29) is 33.6 Å². The van der Waals surface area contributed by atoms with Gasteiger partial charge < -0.3 is 55.0 Å². The van der Waals surface area contributed by atoms with E-state index in [1.165, 1.54) is 24.3 Å². The first kappa shape index (κ1) is 24.3. The lowest BCUT2D eigenvalue weighted by Crippen LogP contribution is -2.60. The van der Waals surface area contributed by atoms with E-state index in [1.54, 1.807) is 0 Å². The molecule has 5 atom stereocenters. The maximum atomic E-state index is 13.2. The molecule has 8 N–H and O–H groups in total. The number of benzene rings is 2. The van der Waals surface area contributed by atoms with Gasteiger partial charge in [0.05, 0.1) is 6.61 Å². The predicted octanol–water partition coefficient (Wildman–Crippen LogP) is -0.493. The number of hydrogen-bond donors (Lipinski definition) is 7. The first-order valence-corrected chi connectivity index (χ1v) is 10.2. The number of ether oxygens (including phenoxy) is 3. The third-order valence-electron chi connectivity index (χ3n) is 5.37. The second-order valence-corrected chi connectivity index (χ2v) is 7.69. The summed E-state index contributed by atoms with van der Waals surface area (Å²) >= 11 is 0. The van der Waals surface area contributed by atoms with Gasteiger partial charge in [-0.05, 0) is 17.7 Å². The van der Waals surface area contributed by atoms with E-state index in [9.17, 15) is 40.2 Å². The Kier molecular flexibility index (Phi) is 6.51. The summed E-state index contributed by atoms with van der Waals surface area (Å²) < 4.78 is 21.1. The van der Waals surface area contributed by atoms with Crippen LogP contribution in [0.2, 0.25) is 0 Å². The molecule has 186 valence electrons. The number of carbonyl (C=O) groups excluding carboxylic acids is 1. The number of primary amides is 1. The van der Waals surface area contributed by atoms with Crippen LogP contribution in [0.15, 0.2) is 45.6 Å². The molecule has 35 heavy (non-hydrogen) atoms. The van der Waals surface area contributed by atoms with Crippen molar-refractivity contribution in [2.24, 2.45) is 5.73 Å². The van der Waals surface area contributed by atoms with Gasteiger partial charge in [0.25, 0.3) is 0 Å². The summed E-state index contributed by atoms with van der Waals surface area (Å²) in [4.78, 5) is 24.7. The van der Waals surface area contributed by atoms with Crippen LogP contribution in [0.1, 0.15) is 0 Å². The second-order valence-electron chi connectivity index (χ2n) is 7.69. The topological polar surface area (TPSA) is 222 Å². The van der Waals surface area contributed by atoms with Gasteiger partial charge in [0.2, 0.25) is 11.7 Å². The van der Waals surface area contributed by atoms with Crippen molar-refractivity contribution >= 4 is 17.1 Å². The van der Waals surface area contributed by atoms with E-state index in [0.717, 1.165) is 12.1 Å². The molecule has 3 unspecified atom stereocenters. The van der Waals surface area contributed by atoms with Crippen LogP contribution in [0.3, 0.4) is 0 Å². The van der Waals surface area contributed by atoms with E-state index < -0.39 is 60.5 Å². The normalized spacial score (nSPS) is 24.3. The van der Waals surface area contributed by atoms with Crippen molar-refractivity contribution in [1.82, 2.24) is 0 Å². The fourth-order valence-corrected chi connectivity index (χ4v) is 3.66. The SMILES string of the molecule is NC(=O)Oc1oc2cc(O[C@@H]3OC(CO)[C@@H](O)C(O)C3O)cc(O)c2c(=O)c1-c1ccc(O)cc1. The zero-order chi connectivity index (χ0) is 25.4. The molecule has 0 radical (unpaired) electrons. The molecule has 4 rings (SSSR count). The quantitative estimate of drug-likeness (QED) is 0.240. The highest BCUT2D eigenvalue weighted by molar-refractivity contribution is 5.90. The standard InChI is InChI=1S/C22H21NO12/c23-22(31)35-20-14(8-1-3-9(25)4-2-8)17(28)15-11(26)5-10(6-12(15)33-20)32-21-19(30)18(29)16(27)13(7-24)34-21/h1-6,13,16,18-19,21,24-27,29-30H,7H2,(H2,23,31)/t13?,16-,18?,19?,21-/m1/s1. The highest BCUT2D eigenvalue weighted by Gasteiger charge is 2.44. The lowest BCUT2D eigenvalue weighted by Gasteiger charge is -2.39. The number of hydrogen-bond acceptors (Lipinski definition) is 12. The Hall–Kier alpha value is -3.88. The lowest BCUT2D eigenvalue weighted by molar-refractivity contribution is -0.277. The monoisotopic (exact) mass is 491 g/mol. The van der Waals surface area contributed by atoms with Crippen LogP contribution >= 0.6 is 0 Å². The Bertz CT molecular complexity index is 1300.